The molecule has 0 spiro atoms. The van der Waals surface area contributed by atoms with Gasteiger partial charge in [-0.2, -0.15) is 0 Å². The van der Waals surface area contributed by atoms with Crippen molar-refractivity contribution in [1.82, 2.24) is 5.32 Å². The Hall–Kier alpha value is -0.160. The van der Waals surface area contributed by atoms with Crippen molar-refractivity contribution in [2.45, 2.75) is 18.4 Å². The van der Waals surface area contributed by atoms with Gasteiger partial charge in [0.1, 0.15) is 5.82 Å². The molecule has 0 aromatic heterocycles. The lowest BCUT2D eigenvalue weighted by Crippen LogP contribution is -2.40. The molecule has 88 valence electrons. The Labute approximate surface area is 107 Å². The molecule has 0 unspecified atom stereocenters. The Morgan fingerprint density at radius 1 is 1.38 bits per heavy atom. The van der Waals surface area contributed by atoms with E-state index in [4.69, 9.17) is 11.6 Å². The molecule has 0 aliphatic carbocycles. The van der Waals surface area contributed by atoms with Crippen LogP contribution in [-0.4, -0.2) is 18.2 Å². The van der Waals surface area contributed by atoms with Crippen molar-refractivity contribution in [3.63, 3.8) is 0 Å². The second kappa shape index (κ2) is 4.61. The molecule has 1 aliphatic rings. The summed E-state index contributed by atoms with van der Waals surface area (Å²) in [7, 11) is 0. The highest BCUT2D eigenvalue weighted by Gasteiger charge is 2.34. The highest BCUT2D eigenvalue weighted by molar-refractivity contribution is 9.10. The van der Waals surface area contributed by atoms with Crippen molar-refractivity contribution >= 4 is 27.5 Å². The van der Waals surface area contributed by atoms with Gasteiger partial charge >= 0.3 is 0 Å². The summed E-state index contributed by atoms with van der Waals surface area (Å²) < 4.78 is 14.5. The molecular weight excluding hydrogens is 296 g/mol. The van der Waals surface area contributed by atoms with E-state index in [0.717, 1.165) is 0 Å². The van der Waals surface area contributed by atoms with E-state index in [9.17, 15) is 9.50 Å². The molecule has 0 saturated carbocycles. The highest BCUT2D eigenvalue weighted by atomic mass is 79.9. The lowest BCUT2D eigenvalue weighted by Gasteiger charge is -2.33. The first-order chi connectivity index (χ1) is 7.54. The van der Waals surface area contributed by atoms with Crippen LogP contribution in [0.15, 0.2) is 16.6 Å². The molecule has 1 fully saturated rings. The lowest BCUT2D eigenvalue weighted by atomic mass is 9.85. The smallest absolute Gasteiger partial charge is 0.149 e. The zero-order valence-electron chi connectivity index (χ0n) is 8.56. The molecule has 1 aliphatic heterocycles. The molecule has 1 saturated heterocycles. The van der Waals surface area contributed by atoms with Gasteiger partial charge < -0.3 is 10.4 Å². The summed E-state index contributed by atoms with van der Waals surface area (Å²) >= 11 is 8.97. The average Bonchev–Trinajstić information content (AvgIpc) is 2.27. The number of halogens is 3. The summed E-state index contributed by atoms with van der Waals surface area (Å²) in [5, 5.41) is 13.5. The highest BCUT2D eigenvalue weighted by Crippen LogP contribution is 2.37. The van der Waals surface area contributed by atoms with Gasteiger partial charge in [-0.1, -0.05) is 17.7 Å². The molecule has 1 heterocycles. The van der Waals surface area contributed by atoms with Crippen LogP contribution in [0.4, 0.5) is 4.39 Å². The van der Waals surface area contributed by atoms with Crippen LogP contribution in [0, 0.1) is 5.82 Å². The molecule has 1 aromatic carbocycles. The van der Waals surface area contributed by atoms with Crippen molar-refractivity contribution in [2.75, 3.05) is 13.1 Å². The largest absolute Gasteiger partial charge is 0.385 e. The molecule has 0 radical (unpaired) electrons. The SMILES string of the molecule is OC1(c2ccc(Br)c(Cl)c2F)CCNCC1. The van der Waals surface area contributed by atoms with Gasteiger partial charge in [0, 0.05) is 10.0 Å². The summed E-state index contributed by atoms with van der Waals surface area (Å²) in [5.41, 5.74) is -0.804. The number of piperidine rings is 1. The molecule has 0 atom stereocenters. The summed E-state index contributed by atoms with van der Waals surface area (Å²) in [6, 6.07) is 3.26. The minimum Gasteiger partial charge on any atom is -0.385 e. The van der Waals surface area contributed by atoms with Crippen LogP contribution in [-0.2, 0) is 5.60 Å². The number of hydrogen-bond acceptors (Lipinski definition) is 2. The van der Waals surface area contributed by atoms with Gasteiger partial charge in [-0.25, -0.2) is 4.39 Å². The fraction of sp³-hybridized carbons (Fsp3) is 0.455. The molecule has 0 bridgehead atoms. The fourth-order valence-corrected chi connectivity index (χ4v) is 2.47. The van der Waals surface area contributed by atoms with Gasteiger partial charge in [0.15, 0.2) is 0 Å². The van der Waals surface area contributed by atoms with Crippen LogP contribution < -0.4 is 5.32 Å². The standard InChI is InChI=1S/C11H12BrClFNO/c12-8-2-1-7(10(14)9(8)13)11(16)3-5-15-6-4-11/h1-2,15-16H,3-6H2. The number of benzene rings is 1. The van der Waals surface area contributed by atoms with E-state index in [1.54, 1.807) is 12.1 Å². The summed E-state index contributed by atoms with van der Waals surface area (Å²) in [6.07, 6.45) is 1.00. The Balaban J connectivity index is 2.43. The number of hydrogen-bond donors (Lipinski definition) is 2. The maximum Gasteiger partial charge on any atom is 0.149 e. The zero-order chi connectivity index (χ0) is 11.8. The first-order valence-corrected chi connectivity index (χ1v) is 6.29. The molecular formula is C11H12BrClFNO. The van der Waals surface area contributed by atoms with Gasteiger partial charge in [0.25, 0.3) is 0 Å². The van der Waals surface area contributed by atoms with E-state index in [-0.39, 0.29) is 5.02 Å². The van der Waals surface area contributed by atoms with Crippen LogP contribution in [0.25, 0.3) is 0 Å². The molecule has 16 heavy (non-hydrogen) atoms. The minimum atomic E-state index is -1.10. The fourth-order valence-electron chi connectivity index (χ4n) is 1.99. The zero-order valence-corrected chi connectivity index (χ0v) is 10.9. The van der Waals surface area contributed by atoms with Gasteiger partial charge in [-0.3, -0.25) is 0 Å². The van der Waals surface area contributed by atoms with E-state index < -0.39 is 11.4 Å². The quantitative estimate of drug-likeness (QED) is 0.782. The normalized spacial score (nSPS) is 19.8. The van der Waals surface area contributed by atoms with Gasteiger partial charge in [0.05, 0.1) is 10.6 Å². The number of nitrogens with one attached hydrogen (secondary N) is 1. The van der Waals surface area contributed by atoms with Crippen LogP contribution in [0.2, 0.25) is 5.02 Å². The predicted octanol–water partition coefficient (Wildman–Crippen LogP) is 2.81. The minimum absolute atomic E-state index is 0.0319. The van der Waals surface area contributed by atoms with E-state index in [0.29, 0.717) is 36.0 Å². The Bertz CT molecular complexity index is 407. The van der Waals surface area contributed by atoms with Crippen molar-refractivity contribution in [3.05, 3.63) is 33.0 Å². The van der Waals surface area contributed by atoms with Crippen molar-refractivity contribution in [1.29, 1.82) is 0 Å². The molecule has 2 nitrogen and oxygen atoms in total. The molecule has 1 aromatic rings. The first-order valence-electron chi connectivity index (χ1n) is 5.12. The van der Waals surface area contributed by atoms with E-state index >= 15 is 0 Å². The molecule has 2 rings (SSSR count). The monoisotopic (exact) mass is 307 g/mol. The van der Waals surface area contributed by atoms with Crippen LogP contribution in [0.3, 0.4) is 0 Å². The third-order valence-corrected chi connectivity index (χ3v) is 4.23. The number of rotatable bonds is 1. The molecule has 2 N–H and O–H groups in total. The molecule has 0 amide bonds. The van der Waals surface area contributed by atoms with Crippen LogP contribution >= 0.6 is 27.5 Å². The van der Waals surface area contributed by atoms with Crippen molar-refractivity contribution in [3.8, 4) is 0 Å². The third-order valence-electron chi connectivity index (χ3n) is 2.97. The Kier molecular flexibility index (Phi) is 3.54. The van der Waals surface area contributed by atoms with Crippen molar-refractivity contribution in [2.24, 2.45) is 0 Å². The summed E-state index contributed by atoms with van der Waals surface area (Å²) in [4.78, 5) is 0. The maximum atomic E-state index is 13.9. The van der Waals surface area contributed by atoms with Crippen LogP contribution in [0.1, 0.15) is 18.4 Å². The van der Waals surface area contributed by atoms with Crippen LogP contribution in [0.5, 0.6) is 0 Å². The predicted molar refractivity (Wildman–Crippen MR) is 65.1 cm³/mol. The van der Waals surface area contributed by atoms with E-state index in [1.807, 2.05) is 0 Å². The molecule has 5 heteroatoms. The maximum absolute atomic E-state index is 13.9. The van der Waals surface area contributed by atoms with E-state index in [1.165, 1.54) is 0 Å². The Morgan fingerprint density at radius 2 is 2.00 bits per heavy atom. The second-order valence-electron chi connectivity index (χ2n) is 4.00. The van der Waals surface area contributed by atoms with Crippen molar-refractivity contribution < 1.29 is 9.50 Å². The van der Waals surface area contributed by atoms with E-state index in [2.05, 4.69) is 21.2 Å². The first kappa shape index (κ1) is 12.3. The topological polar surface area (TPSA) is 32.3 Å². The van der Waals surface area contributed by atoms with Gasteiger partial charge in [-0.15, -0.1) is 0 Å². The lowest BCUT2D eigenvalue weighted by molar-refractivity contribution is 0.00276. The number of aliphatic hydroxyl groups is 1. The Morgan fingerprint density at radius 3 is 2.62 bits per heavy atom. The van der Waals surface area contributed by atoms with Gasteiger partial charge in [-0.05, 0) is 47.9 Å². The summed E-state index contributed by atoms with van der Waals surface area (Å²) in [6.45, 7) is 1.37. The second-order valence-corrected chi connectivity index (χ2v) is 5.24. The summed E-state index contributed by atoms with van der Waals surface area (Å²) in [5.74, 6) is -0.527. The third kappa shape index (κ3) is 2.12. The average molecular weight is 309 g/mol. The van der Waals surface area contributed by atoms with Gasteiger partial charge in [0.2, 0.25) is 0 Å².